The molecule has 9 heteroatoms. The molecule has 0 spiro atoms. The average molecular weight is 343 g/mol. The maximum atomic E-state index is 13.5. The summed E-state index contributed by atoms with van der Waals surface area (Å²) in [6, 6.07) is 6.09. The maximum absolute atomic E-state index is 13.5. The van der Waals surface area contributed by atoms with Gasteiger partial charge < -0.3 is 14.2 Å². The Morgan fingerprint density at radius 1 is 1.40 bits per heavy atom. The van der Waals surface area contributed by atoms with Gasteiger partial charge in [-0.25, -0.2) is 4.39 Å². The molecule has 128 valence electrons. The van der Waals surface area contributed by atoms with Gasteiger partial charge in [0.15, 0.2) is 18.2 Å². The van der Waals surface area contributed by atoms with Crippen molar-refractivity contribution in [2.45, 2.75) is 18.9 Å². The number of ether oxygens (including phenoxy) is 1. The van der Waals surface area contributed by atoms with Gasteiger partial charge in [-0.05, 0) is 12.1 Å². The predicted molar refractivity (Wildman–Crippen MR) is 83.3 cm³/mol. The molecular weight excluding hydrogens is 329 g/mol. The van der Waals surface area contributed by atoms with Gasteiger partial charge in [-0.1, -0.05) is 17.3 Å². The normalized spacial score (nSPS) is 17.2. The Morgan fingerprint density at radius 3 is 3.08 bits per heavy atom. The minimum Gasteiger partial charge on any atom is -0.482 e. The lowest BCUT2D eigenvalue weighted by molar-refractivity contribution is -0.117. The van der Waals surface area contributed by atoms with Crippen LogP contribution < -0.4 is 9.64 Å². The van der Waals surface area contributed by atoms with Crippen LogP contribution in [0.2, 0.25) is 0 Å². The number of carbonyl (C=O) groups excluding carboxylic acids is 1. The van der Waals surface area contributed by atoms with Gasteiger partial charge in [0.25, 0.3) is 0 Å². The van der Waals surface area contributed by atoms with E-state index in [1.54, 1.807) is 29.4 Å². The molecule has 1 fully saturated rings. The molecule has 0 bridgehead atoms. The van der Waals surface area contributed by atoms with Crippen LogP contribution in [0.1, 0.15) is 24.1 Å². The monoisotopic (exact) mass is 343 g/mol. The molecule has 1 aromatic carbocycles. The molecule has 3 heterocycles. The molecule has 1 amide bonds. The minimum atomic E-state index is -0.455. The fourth-order valence-corrected chi connectivity index (χ4v) is 2.71. The first-order valence-corrected chi connectivity index (χ1v) is 7.69. The van der Waals surface area contributed by atoms with Gasteiger partial charge in [0.05, 0.1) is 17.8 Å². The first-order chi connectivity index (χ1) is 12.2. The van der Waals surface area contributed by atoms with Crippen molar-refractivity contribution in [2.75, 3.05) is 11.4 Å². The molecule has 2 aromatic heterocycles. The van der Waals surface area contributed by atoms with Crippen LogP contribution in [0.5, 0.6) is 5.75 Å². The lowest BCUT2D eigenvalue weighted by Gasteiger charge is -2.12. The molecule has 1 unspecified atom stereocenters. The van der Waals surface area contributed by atoms with E-state index >= 15 is 0 Å². The molecular formula is C16H14FN5O3. The molecule has 4 rings (SSSR count). The van der Waals surface area contributed by atoms with Gasteiger partial charge in [0.2, 0.25) is 17.6 Å². The second kappa shape index (κ2) is 6.34. The smallest absolute Gasteiger partial charge is 0.232 e. The number of halogens is 1. The van der Waals surface area contributed by atoms with E-state index in [9.17, 15) is 9.18 Å². The molecule has 1 atom stereocenters. The number of H-pyrrole nitrogens is 1. The van der Waals surface area contributed by atoms with E-state index in [4.69, 9.17) is 9.26 Å². The number of rotatable bonds is 5. The lowest BCUT2D eigenvalue weighted by Crippen LogP contribution is -2.23. The van der Waals surface area contributed by atoms with E-state index < -0.39 is 5.82 Å². The Morgan fingerprint density at radius 2 is 2.28 bits per heavy atom. The lowest BCUT2D eigenvalue weighted by atomic mass is 10.1. The van der Waals surface area contributed by atoms with Crippen LogP contribution >= 0.6 is 0 Å². The van der Waals surface area contributed by atoms with Crippen molar-refractivity contribution >= 4 is 11.6 Å². The zero-order valence-electron chi connectivity index (χ0n) is 13.1. The number of anilines is 1. The first-order valence-electron chi connectivity index (χ1n) is 7.69. The molecule has 3 aromatic rings. The highest BCUT2D eigenvalue weighted by molar-refractivity contribution is 5.96. The van der Waals surface area contributed by atoms with Crippen molar-refractivity contribution in [1.82, 2.24) is 20.3 Å². The zero-order valence-corrected chi connectivity index (χ0v) is 13.1. The van der Waals surface area contributed by atoms with Crippen LogP contribution in [-0.2, 0) is 11.4 Å². The molecule has 0 radical (unpaired) electrons. The van der Waals surface area contributed by atoms with E-state index in [1.807, 2.05) is 0 Å². The van der Waals surface area contributed by atoms with Crippen molar-refractivity contribution in [2.24, 2.45) is 0 Å². The van der Waals surface area contributed by atoms with Crippen molar-refractivity contribution in [3.63, 3.8) is 0 Å². The van der Waals surface area contributed by atoms with Crippen LogP contribution in [-0.4, -0.2) is 32.8 Å². The van der Waals surface area contributed by atoms with Crippen LogP contribution in [0.15, 0.2) is 41.2 Å². The van der Waals surface area contributed by atoms with Gasteiger partial charge in [-0.2, -0.15) is 10.1 Å². The topological polar surface area (TPSA) is 97.1 Å². The molecule has 0 aliphatic carbocycles. The largest absolute Gasteiger partial charge is 0.482 e. The molecule has 1 aliphatic rings. The number of para-hydroxylation sites is 1. The molecule has 25 heavy (non-hydrogen) atoms. The van der Waals surface area contributed by atoms with Gasteiger partial charge in [0, 0.05) is 19.2 Å². The number of amides is 1. The quantitative estimate of drug-likeness (QED) is 0.761. The number of carbonyl (C=O) groups is 1. The van der Waals surface area contributed by atoms with Gasteiger partial charge >= 0.3 is 0 Å². The second-order valence-electron chi connectivity index (χ2n) is 5.63. The fourth-order valence-electron chi connectivity index (χ4n) is 2.71. The summed E-state index contributed by atoms with van der Waals surface area (Å²) >= 11 is 0. The summed E-state index contributed by atoms with van der Waals surface area (Å²) in [5, 5.41) is 10.4. The minimum absolute atomic E-state index is 0.0173. The molecule has 1 N–H and O–H groups in total. The zero-order chi connectivity index (χ0) is 17.2. The number of nitrogens with zero attached hydrogens (tertiary/aromatic N) is 4. The standard InChI is InChI=1S/C16H14FN5O3/c17-12-3-1-2-4-13(12)24-9-14-20-16(25-21-14)10-5-15(23)22(8-10)11-6-18-19-7-11/h1-4,6-7,10H,5,8-9H2,(H,18,19). The number of benzene rings is 1. The Hall–Kier alpha value is -3.23. The summed E-state index contributed by atoms with van der Waals surface area (Å²) in [7, 11) is 0. The predicted octanol–water partition coefficient (Wildman–Crippen LogP) is 2.03. The van der Waals surface area contributed by atoms with E-state index in [0.29, 0.717) is 23.9 Å². The summed E-state index contributed by atoms with van der Waals surface area (Å²) < 4.78 is 24.1. The third-order valence-electron chi connectivity index (χ3n) is 3.95. The van der Waals surface area contributed by atoms with Crippen molar-refractivity contribution in [3.05, 3.63) is 54.2 Å². The van der Waals surface area contributed by atoms with Crippen LogP contribution in [0.3, 0.4) is 0 Å². The number of nitrogens with one attached hydrogen (secondary N) is 1. The third-order valence-corrected chi connectivity index (χ3v) is 3.95. The molecule has 1 aliphatic heterocycles. The second-order valence-corrected chi connectivity index (χ2v) is 5.63. The van der Waals surface area contributed by atoms with Gasteiger partial charge in [-0.15, -0.1) is 0 Å². The molecule has 8 nitrogen and oxygen atoms in total. The molecule has 0 saturated carbocycles. The van der Waals surface area contributed by atoms with Gasteiger partial charge in [0.1, 0.15) is 0 Å². The van der Waals surface area contributed by atoms with Crippen LogP contribution in [0, 0.1) is 5.82 Å². The van der Waals surface area contributed by atoms with Gasteiger partial charge in [-0.3, -0.25) is 9.89 Å². The number of aromatic nitrogens is 4. The highest BCUT2D eigenvalue weighted by atomic mass is 19.1. The average Bonchev–Trinajstić information content (AvgIpc) is 3.34. The summed E-state index contributed by atoms with van der Waals surface area (Å²) in [6.07, 6.45) is 3.52. The Labute approximate surface area is 141 Å². The summed E-state index contributed by atoms with van der Waals surface area (Å²) in [5.41, 5.74) is 0.704. The third kappa shape index (κ3) is 3.08. The Bertz CT molecular complexity index is 880. The van der Waals surface area contributed by atoms with Crippen molar-refractivity contribution in [1.29, 1.82) is 0 Å². The number of hydrogen-bond acceptors (Lipinski definition) is 6. The fraction of sp³-hybridized carbons (Fsp3) is 0.250. The van der Waals surface area contributed by atoms with E-state index in [2.05, 4.69) is 20.3 Å². The SMILES string of the molecule is O=C1CC(c2nc(COc3ccccc3F)no2)CN1c1cn[nH]c1. The molecule has 1 saturated heterocycles. The highest BCUT2D eigenvalue weighted by Gasteiger charge is 2.35. The van der Waals surface area contributed by atoms with Crippen LogP contribution in [0.25, 0.3) is 0 Å². The van der Waals surface area contributed by atoms with E-state index in [-0.39, 0.29) is 30.6 Å². The number of hydrogen-bond donors (Lipinski definition) is 1. The number of aromatic amines is 1. The maximum Gasteiger partial charge on any atom is 0.232 e. The first kappa shape index (κ1) is 15.3. The van der Waals surface area contributed by atoms with Crippen molar-refractivity contribution < 1.29 is 18.4 Å². The summed E-state index contributed by atoms with van der Waals surface area (Å²) in [4.78, 5) is 18.0. The van der Waals surface area contributed by atoms with Crippen molar-refractivity contribution in [3.8, 4) is 5.75 Å². The Kier molecular flexibility index (Phi) is 3.88. The Balaban J connectivity index is 1.42. The van der Waals surface area contributed by atoms with Crippen LogP contribution in [0.4, 0.5) is 10.1 Å². The van der Waals surface area contributed by atoms with E-state index in [0.717, 1.165) is 0 Å². The highest BCUT2D eigenvalue weighted by Crippen LogP contribution is 2.30. The summed E-state index contributed by atoms with van der Waals surface area (Å²) in [6.45, 7) is 0.421. The van der Waals surface area contributed by atoms with E-state index in [1.165, 1.54) is 12.1 Å². The summed E-state index contributed by atoms with van der Waals surface area (Å²) in [5.74, 6) is 0.101.